The van der Waals surface area contributed by atoms with Crippen LogP contribution in [-0.4, -0.2) is 17.3 Å². The van der Waals surface area contributed by atoms with Gasteiger partial charge in [-0.3, -0.25) is 0 Å². The van der Waals surface area contributed by atoms with Gasteiger partial charge in [0.05, 0.1) is 6.10 Å². The van der Waals surface area contributed by atoms with Crippen LogP contribution in [0.3, 0.4) is 0 Å². The van der Waals surface area contributed by atoms with E-state index in [0.717, 1.165) is 18.1 Å². The van der Waals surface area contributed by atoms with Crippen LogP contribution in [0.25, 0.3) is 0 Å². The van der Waals surface area contributed by atoms with E-state index >= 15 is 0 Å². The van der Waals surface area contributed by atoms with E-state index in [0.29, 0.717) is 23.4 Å². The Balaban J connectivity index is 2.63. The van der Waals surface area contributed by atoms with E-state index in [2.05, 4.69) is 34.6 Å². The minimum absolute atomic E-state index is 0.427. The topological polar surface area (TPSA) is 9.23 Å². The average Bonchev–Trinajstić information content (AvgIpc) is 2.19. The second-order valence-electron chi connectivity index (χ2n) is 4.48. The van der Waals surface area contributed by atoms with Crippen molar-refractivity contribution in [1.29, 1.82) is 0 Å². The summed E-state index contributed by atoms with van der Waals surface area (Å²) >= 11 is 1.96. The molecule has 1 heterocycles. The summed E-state index contributed by atoms with van der Waals surface area (Å²) in [5.41, 5.74) is 0.427. The zero-order chi connectivity index (χ0) is 10.7. The van der Waals surface area contributed by atoms with Crippen molar-refractivity contribution in [2.75, 3.05) is 5.75 Å². The molecule has 2 heteroatoms. The highest BCUT2D eigenvalue weighted by molar-refractivity contribution is 7.99. The van der Waals surface area contributed by atoms with Crippen LogP contribution in [-0.2, 0) is 4.74 Å². The summed E-state index contributed by atoms with van der Waals surface area (Å²) in [6, 6.07) is 0. The second-order valence-corrected chi connectivity index (χ2v) is 5.86. The lowest BCUT2D eigenvalue weighted by atomic mass is 9.79. The molecule has 1 nitrogen and oxygen atoms in total. The molecule has 5 atom stereocenters. The Hall–Kier alpha value is 0.310. The molecule has 1 rings (SSSR count). The van der Waals surface area contributed by atoms with Gasteiger partial charge >= 0.3 is 0 Å². The maximum atomic E-state index is 6.13. The molecule has 2 unspecified atom stereocenters. The van der Waals surface area contributed by atoms with Crippen LogP contribution in [0.15, 0.2) is 0 Å². The van der Waals surface area contributed by atoms with Crippen LogP contribution in [0.1, 0.15) is 41.0 Å². The van der Waals surface area contributed by atoms with Gasteiger partial charge in [-0.15, -0.1) is 11.8 Å². The first-order valence-electron chi connectivity index (χ1n) is 5.88. The van der Waals surface area contributed by atoms with Crippen LogP contribution in [0.2, 0.25) is 0 Å². The van der Waals surface area contributed by atoms with E-state index in [1.54, 1.807) is 0 Å². The molecule has 84 valence electrons. The third kappa shape index (κ3) is 2.46. The van der Waals surface area contributed by atoms with Gasteiger partial charge in [-0.1, -0.05) is 34.6 Å². The van der Waals surface area contributed by atoms with Crippen LogP contribution >= 0.6 is 11.8 Å². The number of hydrogen-bond donors (Lipinski definition) is 0. The third-order valence-electron chi connectivity index (χ3n) is 3.72. The van der Waals surface area contributed by atoms with Crippen molar-refractivity contribution in [3.8, 4) is 0 Å². The van der Waals surface area contributed by atoms with Crippen LogP contribution in [0, 0.1) is 17.8 Å². The highest BCUT2D eigenvalue weighted by Crippen LogP contribution is 2.40. The Labute approximate surface area is 93.0 Å². The summed E-state index contributed by atoms with van der Waals surface area (Å²) in [6.07, 6.45) is 1.63. The number of hydrogen-bond acceptors (Lipinski definition) is 2. The van der Waals surface area contributed by atoms with Crippen LogP contribution < -0.4 is 0 Å². The lowest BCUT2D eigenvalue weighted by Crippen LogP contribution is -2.43. The van der Waals surface area contributed by atoms with Gasteiger partial charge in [0, 0.05) is 0 Å². The molecule has 1 aliphatic rings. The van der Waals surface area contributed by atoms with Crippen molar-refractivity contribution in [2.45, 2.75) is 52.6 Å². The molecule has 0 radical (unpaired) electrons. The maximum absolute atomic E-state index is 6.13. The van der Waals surface area contributed by atoms with Gasteiger partial charge in [0.25, 0.3) is 0 Å². The third-order valence-corrected chi connectivity index (χ3v) is 4.92. The van der Waals surface area contributed by atoms with E-state index in [-0.39, 0.29) is 0 Å². The van der Waals surface area contributed by atoms with Crippen molar-refractivity contribution < 1.29 is 4.74 Å². The lowest BCUT2D eigenvalue weighted by Gasteiger charge is -2.43. The van der Waals surface area contributed by atoms with E-state index in [1.807, 2.05) is 11.8 Å². The SMILES string of the molecule is CCS[C@@H]1OC(CC)[C@@H](C)[C@H](C)C1C. The molecule has 0 aromatic rings. The second kappa shape index (κ2) is 5.41. The molecular weight excluding hydrogens is 192 g/mol. The van der Waals surface area contributed by atoms with Gasteiger partial charge in [-0.25, -0.2) is 0 Å². The summed E-state index contributed by atoms with van der Waals surface area (Å²) < 4.78 is 6.13. The van der Waals surface area contributed by atoms with Crippen molar-refractivity contribution in [3.63, 3.8) is 0 Å². The Morgan fingerprint density at radius 2 is 1.64 bits per heavy atom. The molecular formula is C12H24OS. The monoisotopic (exact) mass is 216 g/mol. The summed E-state index contributed by atoms with van der Waals surface area (Å²) in [7, 11) is 0. The van der Waals surface area contributed by atoms with Gasteiger partial charge < -0.3 is 4.74 Å². The Morgan fingerprint density at radius 3 is 2.14 bits per heavy atom. The first kappa shape index (κ1) is 12.4. The molecule has 0 saturated carbocycles. The largest absolute Gasteiger partial charge is 0.364 e. The average molecular weight is 216 g/mol. The maximum Gasteiger partial charge on any atom is 0.106 e. The highest BCUT2D eigenvalue weighted by Gasteiger charge is 2.37. The molecule has 1 aliphatic heterocycles. The van der Waals surface area contributed by atoms with Crippen molar-refractivity contribution >= 4 is 11.8 Å². The minimum atomic E-state index is 0.427. The van der Waals surface area contributed by atoms with Gasteiger partial charge in [0.15, 0.2) is 0 Å². The fourth-order valence-electron chi connectivity index (χ4n) is 2.31. The van der Waals surface area contributed by atoms with Crippen LogP contribution in [0.5, 0.6) is 0 Å². The smallest absolute Gasteiger partial charge is 0.106 e. The predicted octanol–water partition coefficient (Wildman–Crippen LogP) is 3.78. The standard InChI is InChI=1S/C12H24OS/c1-6-11-9(4)8(3)10(5)12(13-11)14-7-2/h8-12H,6-7H2,1-5H3/t8-,9-,10?,11?,12-/m0/s1. The number of thioether (sulfide) groups is 1. The fourth-order valence-corrected chi connectivity index (χ4v) is 3.41. The molecule has 0 amide bonds. The molecule has 0 aliphatic carbocycles. The van der Waals surface area contributed by atoms with Gasteiger partial charge in [-0.05, 0) is 29.9 Å². The number of rotatable bonds is 3. The molecule has 0 aromatic heterocycles. The minimum Gasteiger partial charge on any atom is -0.364 e. The summed E-state index contributed by atoms with van der Waals surface area (Å²) in [5, 5.41) is 0. The lowest BCUT2D eigenvalue weighted by molar-refractivity contribution is -0.0944. The zero-order valence-electron chi connectivity index (χ0n) is 10.1. The van der Waals surface area contributed by atoms with E-state index in [9.17, 15) is 0 Å². The van der Waals surface area contributed by atoms with E-state index in [1.165, 1.54) is 0 Å². The molecule has 0 aromatic carbocycles. The number of ether oxygens (including phenoxy) is 1. The molecule has 1 fully saturated rings. The molecule has 0 bridgehead atoms. The Bertz CT molecular complexity index is 168. The Morgan fingerprint density at radius 1 is 1.00 bits per heavy atom. The summed E-state index contributed by atoms with van der Waals surface area (Å²) in [4.78, 5) is 0. The van der Waals surface area contributed by atoms with Gasteiger partial charge in [-0.2, -0.15) is 0 Å². The first-order valence-corrected chi connectivity index (χ1v) is 6.93. The normalized spacial score (nSPS) is 43.9. The van der Waals surface area contributed by atoms with Gasteiger partial charge in [0.2, 0.25) is 0 Å². The van der Waals surface area contributed by atoms with E-state index < -0.39 is 0 Å². The summed E-state index contributed by atoms with van der Waals surface area (Å²) in [5.74, 6) is 3.35. The quantitative estimate of drug-likeness (QED) is 0.710. The van der Waals surface area contributed by atoms with Crippen LogP contribution in [0.4, 0.5) is 0 Å². The van der Waals surface area contributed by atoms with Gasteiger partial charge in [0.1, 0.15) is 5.44 Å². The Kier molecular flexibility index (Phi) is 4.78. The zero-order valence-corrected chi connectivity index (χ0v) is 10.9. The first-order chi connectivity index (χ1) is 6.61. The molecule has 1 saturated heterocycles. The van der Waals surface area contributed by atoms with E-state index in [4.69, 9.17) is 4.74 Å². The van der Waals surface area contributed by atoms with Crippen molar-refractivity contribution in [2.24, 2.45) is 17.8 Å². The molecule has 14 heavy (non-hydrogen) atoms. The summed E-state index contributed by atoms with van der Waals surface area (Å²) in [6.45, 7) is 11.5. The molecule has 0 spiro atoms. The molecule has 0 N–H and O–H groups in total. The van der Waals surface area contributed by atoms with Crippen molar-refractivity contribution in [1.82, 2.24) is 0 Å². The van der Waals surface area contributed by atoms with Crippen molar-refractivity contribution in [3.05, 3.63) is 0 Å². The fraction of sp³-hybridized carbons (Fsp3) is 1.00. The highest BCUT2D eigenvalue weighted by atomic mass is 32.2. The predicted molar refractivity (Wildman–Crippen MR) is 64.6 cm³/mol.